The van der Waals surface area contributed by atoms with Gasteiger partial charge in [-0.05, 0) is 101 Å². The van der Waals surface area contributed by atoms with E-state index in [1.54, 1.807) is 42.0 Å². The fourth-order valence-corrected chi connectivity index (χ4v) is 10.1. The van der Waals surface area contributed by atoms with Gasteiger partial charge in [0.15, 0.2) is 17.4 Å². The number of ketones is 1. The number of amides is 2. The number of nitrogens with one attached hydrogen (secondary N) is 4. The molecule has 0 aromatic carbocycles. The predicted molar refractivity (Wildman–Crippen MR) is 263 cm³/mol. The second-order valence-corrected chi connectivity index (χ2v) is 19.3. The van der Waals surface area contributed by atoms with Crippen LogP contribution < -0.4 is 31.7 Å². The highest BCUT2D eigenvalue weighted by Gasteiger charge is 2.41. The van der Waals surface area contributed by atoms with Crippen LogP contribution in [0.1, 0.15) is 104 Å². The first-order valence-corrected chi connectivity index (χ1v) is 24.0. The molecular weight excluding hydrogens is 863 g/mol. The molecule has 2 aliphatic heterocycles. The maximum atomic E-state index is 13.8. The summed E-state index contributed by atoms with van der Waals surface area (Å²) in [6, 6.07) is 11.6. The van der Waals surface area contributed by atoms with Crippen LogP contribution in [0.25, 0.3) is 11.0 Å². The standard InChI is InChI=1S/C49H63N15O4/c1-29(2)52-40-14-12-37(46(66)55-41-15-16-42(59-58-41)60(5)6)44(54-40)53-34-23-33(24-34)47(67)63-18-17-36(28-63)62-21-19-61(20-22-62)27-32-11-13-39(50-25-32)56-49-51-26-38-30(3)43(31(4)65)48(68)64(45(38)57-49)35-9-7-8-10-35/h11-16,25-26,29,33-36H,7-10,17-24,27-28H2,1-6H3,(H2,52,53,54)(H,55,58,66)(H,50,51,56,57). The van der Waals surface area contributed by atoms with E-state index >= 15 is 0 Å². The monoisotopic (exact) mass is 926 g/mol. The summed E-state index contributed by atoms with van der Waals surface area (Å²) in [6.07, 6.45) is 9.75. The first-order valence-electron chi connectivity index (χ1n) is 24.0. The molecule has 68 heavy (non-hydrogen) atoms. The molecule has 9 rings (SSSR count). The summed E-state index contributed by atoms with van der Waals surface area (Å²) in [4.78, 5) is 81.0. The minimum absolute atomic E-state index is 0.00769. The number of hydrogen-bond acceptors (Lipinski definition) is 16. The van der Waals surface area contributed by atoms with Crippen LogP contribution in [0.4, 0.5) is 35.0 Å². The summed E-state index contributed by atoms with van der Waals surface area (Å²) in [6.45, 7) is 13.3. The van der Waals surface area contributed by atoms with E-state index in [9.17, 15) is 19.2 Å². The number of nitrogens with zero attached hydrogens (tertiary/aromatic N) is 11. The van der Waals surface area contributed by atoms with Crippen LogP contribution in [-0.4, -0.2) is 138 Å². The minimum Gasteiger partial charge on any atom is -0.368 e. The van der Waals surface area contributed by atoms with Gasteiger partial charge in [-0.1, -0.05) is 18.9 Å². The molecule has 5 aromatic heterocycles. The number of likely N-dealkylation sites (tertiary alicyclic amines) is 1. The van der Waals surface area contributed by atoms with E-state index in [1.807, 2.05) is 45.1 Å². The molecule has 358 valence electrons. The number of piperazine rings is 1. The summed E-state index contributed by atoms with van der Waals surface area (Å²) >= 11 is 0. The third-order valence-corrected chi connectivity index (χ3v) is 13.9. The van der Waals surface area contributed by atoms with E-state index in [0.717, 1.165) is 83.5 Å². The van der Waals surface area contributed by atoms with Gasteiger partial charge in [-0.3, -0.25) is 33.5 Å². The average molecular weight is 926 g/mol. The molecule has 2 saturated heterocycles. The number of Topliss-reactive ketones (excluding diaryl/α,β-unsaturated/α-hetero) is 1. The van der Waals surface area contributed by atoms with Crippen molar-refractivity contribution >= 4 is 63.7 Å². The van der Waals surface area contributed by atoms with Gasteiger partial charge >= 0.3 is 0 Å². The summed E-state index contributed by atoms with van der Waals surface area (Å²) in [7, 11) is 3.75. The Morgan fingerprint density at radius 2 is 1.59 bits per heavy atom. The van der Waals surface area contributed by atoms with E-state index in [-0.39, 0.29) is 52.8 Å². The number of hydrogen-bond donors (Lipinski definition) is 4. The molecule has 4 aliphatic rings. The van der Waals surface area contributed by atoms with Crippen LogP contribution in [-0.2, 0) is 11.3 Å². The smallest absolute Gasteiger partial charge is 0.263 e. The zero-order chi connectivity index (χ0) is 47.6. The van der Waals surface area contributed by atoms with Gasteiger partial charge < -0.3 is 31.1 Å². The van der Waals surface area contributed by atoms with E-state index in [0.29, 0.717) is 76.1 Å². The second-order valence-electron chi connectivity index (χ2n) is 19.3. The molecule has 5 aromatic rings. The van der Waals surface area contributed by atoms with E-state index in [1.165, 1.54) is 6.92 Å². The zero-order valence-corrected chi connectivity index (χ0v) is 40.0. The van der Waals surface area contributed by atoms with Gasteiger partial charge in [0.25, 0.3) is 11.5 Å². The second kappa shape index (κ2) is 19.9. The zero-order valence-electron chi connectivity index (χ0n) is 40.0. The summed E-state index contributed by atoms with van der Waals surface area (Å²) in [5.74, 6) is 2.68. The molecule has 2 aliphatic carbocycles. The Morgan fingerprint density at radius 3 is 2.26 bits per heavy atom. The highest BCUT2D eigenvalue weighted by molar-refractivity contribution is 6.07. The lowest BCUT2D eigenvalue weighted by Gasteiger charge is -2.39. The van der Waals surface area contributed by atoms with E-state index in [4.69, 9.17) is 9.97 Å². The van der Waals surface area contributed by atoms with Gasteiger partial charge in [0.2, 0.25) is 11.9 Å². The van der Waals surface area contributed by atoms with Crippen molar-refractivity contribution < 1.29 is 14.4 Å². The lowest BCUT2D eigenvalue weighted by atomic mass is 9.79. The van der Waals surface area contributed by atoms with Crippen molar-refractivity contribution in [3.8, 4) is 0 Å². The Labute approximate surface area is 396 Å². The maximum absolute atomic E-state index is 13.8. The molecule has 19 nitrogen and oxygen atoms in total. The van der Waals surface area contributed by atoms with Crippen molar-refractivity contribution in [2.75, 3.05) is 79.5 Å². The molecule has 4 fully saturated rings. The van der Waals surface area contributed by atoms with Crippen molar-refractivity contribution in [1.82, 2.24) is 49.4 Å². The van der Waals surface area contributed by atoms with Crippen molar-refractivity contribution in [3.05, 3.63) is 81.4 Å². The third-order valence-electron chi connectivity index (χ3n) is 13.9. The van der Waals surface area contributed by atoms with E-state index in [2.05, 4.69) is 62.2 Å². The Hall–Kier alpha value is -6.60. The number of pyridine rings is 3. The average Bonchev–Trinajstić information content (AvgIpc) is 4.02. The maximum Gasteiger partial charge on any atom is 0.263 e. The summed E-state index contributed by atoms with van der Waals surface area (Å²) < 4.78 is 1.72. The summed E-state index contributed by atoms with van der Waals surface area (Å²) in [5.41, 5.74) is 2.60. The van der Waals surface area contributed by atoms with Gasteiger partial charge in [-0.25, -0.2) is 15.0 Å². The van der Waals surface area contributed by atoms with Crippen molar-refractivity contribution in [3.63, 3.8) is 0 Å². The molecule has 2 amide bonds. The molecule has 7 heterocycles. The number of fused-ring (bicyclic) bond motifs is 1. The van der Waals surface area contributed by atoms with Crippen LogP contribution in [0.5, 0.6) is 0 Å². The number of anilines is 6. The predicted octanol–water partition coefficient (Wildman–Crippen LogP) is 5.49. The number of carbonyl (C=O) groups excluding carboxylic acids is 3. The number of rotatable bonds is 15. The van der Waals surface area contributed by atoms with Crippen LogP contribution in [0, 0.1) is 12.8 Å². The van der Waals surface area contributed by atoms with Crippen LogP contribution in [0.3, 0.4) is 0 Å². The van der Waals surface area contributed by atoms with Crippen LogP contribution in [0.15, 0.2) is 53.6 Å². The van der Waals surface area contributed by atoms with Gasteiger partial charge in [-0.2, -0.15) is 4.98 Å². The number of aromatic nitrogens is 7. The summed E-state index contributed by atoms with van der Waals surface area (Å²) in [5, 5.41) is 21.9. The SMILES string of the molecule is CC(=O)c1c(C)c2cnc(Nc3ccc(CN4CCN(C5CCN(C(=O)C6CC(Nc7nc(NC(C)C)ccc7C(=O)Nc7ccc(N(C)C)nn7)C6)C5)CC4)cn3)nc2n(C2CCCC2)c1=O. The fourth-order valence-electron chi connectivity index (χ4n) is 10.1. The molecule has 1 atom stereocenters. The van der Waals surface area contributed by atoms with E-state index < -0.39 is 0 Å². The number of carbonyl (C=O) groups is 3. The molecule has 1 unspecified atom stereocenters. The topological polar surface area (TPSA) is 212 Å². The third kappa shape index (κ3) is 10.1. The molecule has 2 saturated carbocycles. The Balaban J connectivity index is 0.742. The molecule has 0 bridgehead atoms. The quantitative estimate of drug-likeness (QED) is 0.0957. The minimum atomic E-state index is -0.344. The van der Waals surface area contributed by atoms with Gasteiger partial charge in [-0.15, -0.1) is 10.2 Å². The lowest BCUT2D eigenvalue weighted by Crippen LogP contribution is -2.51. The lowest BCUT2D eigenvalue weighted by molar-refractivity contribution is -0.137. The van der Waals surface area contributed by atoms with Gasteiger partial charge in [0.05, 0.1) is 11.1 Å². The Morgan fingerprint density at radius 1 is 0.838 bits per heavy atom. The molecule has 19 heteroatoms. The normalized spacial score (nSPS) is 20.1. The highest BCUT2D eigenvalue weighted by atomic mass is 16.2. The van der Waals surface area contributed by atoms with Crippen molar-refractivity contribution in [2.24, 2.45) is 5.92 Å². The van der Waals surface area contributed by atoms with Crippen LogP contribution in [0.2, 0.25) is 0 Å². The van der Waals surface area contributed by atoms with Crippen molar-refractivity contribution in [1.29, 1.82) is 0 Å². The highest BCUT2D eigenvalue weighted by Crippen LogP contribution is 2.35. The molecule has 0 spiro atoms. The Bertz CT molecular complexity index is 2710. The van der Waals surface area contributed by atoms with Crippen molar-refractivity contribution in [2.45, 2.75) is 103 Å². The molecule has 0 radical (unpaired) electrons. The molecular formula is C49H63N15O4. The molecule has 4 N–H and O–H groups in total. The van der Waals surface area contributed by atoms with Crippen LogP contribution >= 0.6 is 0 Å². The Kier molecular flexibility index (Phi) is 13.6. The fraction of sp³-hybridized carbons (Fsp3) is 0.510. The van der Waals surface area contributed by atoms with Gasteiger partial charge in [0, 0.05) is 108 Å². The first-order chi connectivity index (χ1) is 32.8. The van der Waals surface area contributed by atoms with Gasteiger partial charge in [0.1, 0.15) is 23.1 Å². The first kappa shape index (κ1) is 46.5. The largest absolute Gasteiger partial charge is 0.368 e. The number of aryl methyl sites for hydroxylation is 1.